The molecule has 2 aromatic rings. The van der Waals surface area contributed by atoms with Crippen LogP contribution in [0, 0.1) is 0 Å². The molecule has 1 aliphatic rings. The highest BCUT2D eigenvalue weighted by molar-refractivity contribution is 7.99. The van der Waals surface area contributed by atoms with Crippen molar-refractivity contribution in [3.05, 3.63) is 30.6 Å². The van der Waals surface area contributed by atoms with Crippen LogP contribution in [-0.2, 0) is 9.59 Å². The standard InChI is InChI=1S/C18H23N5O2S/c1-13(2)23-12-19-21-18(23)26-11-9-16(24)20-14-5-7-15(8-6-14)22-10-3-4-17(22)25/h5-8,12-13H,3-4,9-11H2,1-2H3,(H,20,24). The normalized spacial score (nSPS) is 14.3. The summed E-state index contributed by atoms with van der Waals surface area (Å²) >= 11 is 1.52. The van der Waals surface area contributed by atoms with Crippen molar-refractivity contribution in [2.24, 2.45) is 0 Å². The molecule has 2 amide bonds. The Hall–Kier alpha value is -2.35. The number of hydrogen-bond acceptors (Lipinski definition) is 5. The molecule has 0 radical (unpaired) electrons. The van der Waals surface area contributed by atoms with E-state index in [1.54, 1.807) is 11.2 Å². The van der Waals surface area contributed by atoms with Crippen molar-refractivity contribution in [1.82, 2.24) is 14.8 Å². The molecule has 0 aliphatic carbocycles. The molecule has 1 saturated heterocycles. The Morgan fingerprint density at radius 1 is 1.31 bits per heavy atom. The lowest BCUT2D eigenvalue weighted by Crippen LogP contribution is -2.23. The van der Waals surface area contributed by atoms with Gasteiger partial charge in [0.2, 0.25) is 11.8 Å². The predicted molar refractivity (Wildman–Crippen MR) is 102 cm³/mol. The zero-order valence-electron chi connectivity index (χ0n) is 15.0. The molecule has 0 saturated carbocycles. The number of carbonyl (C=O) groups is 2. The van der Waals surface area contributed by atoms with Crippen molar-refractivity contribution in [2.75, 3.05) is 22.5 Å². The topological polar surface area (TPSA) is 80.1 Å². The second-order valence-electron chi connectivity index (χ2n) is 6.46. The lowest BCUT2D eigenvalue weighted by atomic mass is 10.2. The molecule has 1 N–H and O–H groups in total. The highest BCUT2D eigenvalue weighted by Gasteiger charge is 2.21. The van der Waals surface area contributed by atoms with Crippen LogP contribution in [0.25, 0.3) is 0 Å². The fourth-order valence-electron chi connectivity index (χ4n) is 2.79. The van der Waals surface area contributed by atoms with E-state index < -0.39 is 0 Å². The van der Waals surface area contributed by atoms with E-state index in [1.165, 1.54) is 11.8 Å². The number of carbonyl (C=O) groups excluding carboxylic acids is 2. The average molecular weight is 373 g/mol. The molecule has 0 spiro atoms. The molecule has 1 aromatic heterocycles. The molecule has 1 aliphatic heterocycles. The van der Waals surface area contributed by atoms with Gasteiger partial charge >= 0.3 is 0 Å². The Balaban J connectivity index is 1.47. The summed E-state index contributed by atoms with van der Waals surface area (Å²) in [5.41, 5.74) is 1.62. The molecule has 138 valence electrons. The van der Waals surface area contributed by atoms with Gasteiger partial charge in [0, 0.05) is 42.6 Å². The van der Waals surface area contributed by atoms with Crippen LogP contribution < -0.4 is 10.2 Å². The molecule has 0 atom stereocenters. The van der Waals surface area contributed by atoms with Gasteiger partial charge in [-0.1, -0.05) is 11.8 Å². The summed E-state index contributed by atoms with van der Waals surface area (Å²) in [6, 6.07) is 7.71. The summed E-state index contributed by atoms with van der Waals surface area (Å²) in [7, 11) is 0. The van der Waals surface area contributed by atoms with Gasteiger partial charge in [0.15, 0.2) is 5.16 Å². The van der Waals surface area contributed by atoms with Gasteiger partial charge in [-0.25, -0.2) is 0 Å². The summed E-state index contributed by atoms with van der Waals surface area (Å²) in [6.07, 6.45) is 3.61. The van der Waals surface area contributed by atoms with Crippen LogP contribution in [-0.4, -0.2) is 38.9 Å². The summed E-state index contributed by atoms with van der Waals surface area (Å²) in [6.45, 7) is 4.90. The SMILES string of the molecule is CC(C)n1cnnc1SCCC(=O)Nc1ccc(N2CCCC2=O)cc1. The van der Waals surface area contributed by atoms with Crippen molar-refractivity contribution >= 4 is 35.0 Å². The largest absolute Gasteiger partial charge is 0.326 e. The van der Waals surface area contributed by atoms with Gasteiger partial charge < -0.3 is 14.8 Å². The number of hydrogen-bond donors (Lipinski definition) is 1. The van der Waals surface area contributed by atoms with Gasteiger partial charge in [0.1, 0.15) is 6.33 Å². The van der Waals surface area contributed by atoms with Crippen molar-refractivity contribution in [3.8, 4) is 0 Å². The van der Waals surface area contributed by atoms with Crippen LogP contribution in [0.15, 0.2) is 35.7 Å². The lowest BCUT2D eigenvalue weighted by molar-refractivity contribution is -0.117. The Labute approximate surface area is 157 Å². The van der Waals surface area contributed by atoms with Crippen molar-refractivity contribution in [3.63, 3.8) is 0 Å². The molecule has 3 rings (SSSR count). The monoisotopic (exact) mass is 373 g/mol. The summed E-state index contributed by atoms with van der Waals surface area (Å²) in [5.74, 6) is 0.753. The Bertz CT molecular complexity index is 772. The predicted octanol–water partition coefficient (Wildman–Crippen LogP) is 3.11. The summed E-state index contributed by atoms with van der Waals surface area (Å²) < 4.78 is 1.99. The number of benzene rings is 1. The van der Waals surface area contributed by atoms with Gasteiger partial charge in [0.05, 0.1) is 0 Å². The minimum absolute atomic E-state index is 0.0434. The van der Waals surface area contributed by atoms with Crippen LogP contribution >= 0.6 is 11.8 Å². The lowest BCUT2D eigenvalue weighted by Gasteiger charge is -2.16. The zero-order valence-corrected chi connectivity index (χ0v) is 15.8. The summed E-state index contributed by atoms with van der Waals surface area (Å²) in [4.78, 5) is 25.7. The molecule has 2 heterocycles. The summed E-state index contributed by atoms with van der Waals surface area (Å²) in [5, 5.41) is 11.7. The number of nitrogens with zero attached hydrogens (tertiary/aromatic N) is 4. The Morgan fingerprint density at radius 2 is 2.08 bits per heavy atom. The van der Waals surface area contributed by atoms with E-state index in [0.29, 0.717) is 24.6 Å². The third-order valence-electron chi connectivity index (χ3n) is 4.19. The van der Waals surface area contributed by atoms with Gasteiger partial charge in [0.25, 0.3) is 0 Å². The minimum atomic E-state index is -0.0434. The highest BCUT2D eigenvalue weighted by Crippen LogP contribution is 2.23. The van der Waals surface area contributed by atoms with E-state index in [9.17, 15) is 9.59 Å². The quantitative estimate of drug-likeness (QED) is 0.754. The zero-order chi connectivity index (χ0) is 18.5. The molecular weight excluding hydrogens is 350 g/mol. The van der Waals surface area contributed by atoms with Gasteiger partial charge in [-0.3, -0.25) is 9.59 Å². The third-order valence-corrected chi connectivity index (χ3v) is 5.15. The van der Waals surface area contributed by atoms with Crippen LogP contribution in [0.4, 0.5) is 11.4 Å². The maximum Gasteiger partial charge on any atom is 0.227 e. The van der Waals surface area contributed by atoms with E-state index in [2.05, 4.69) is 29.4 Å². The van der Waals surface area contributed by atoms with E-state index in [4.69, 9.17) is 0 Å². The van der Waals surface area contributed by atoms with E-state index >= 15 is 0 Å². The van der Waals surface area contributed by atoms with Crippen LogP contribution in [0.5, 0.6) is 0 Å². The Kier molecular flexibility index (Phi) is 5.92. The first-order valence-electron chi connectivity index (χ1n) is 8.77. The second-order valence-corrected chi connectivity index (χ2v) is 7.52. The fraction of sp³-hybridized carbons (Fsp3) is 0.444. The molecule has 1 fully saturated rings. The van der Waals surface area contributed by atoms with Crippen molar-refractivity contribution in [1.29, 1.82) is 0 Å². The number of amides is 2. The van der Waals surface area contributed by atoms with Crippen molar-refractivity contribution in [2.45, 2.75) is 44.3 Å². The van der Waals surface area contributed by atoms with Crippen LogP contribution in [0.1, 0.15) is 39.2 Å². The highest BCUT2D eigenvalue weighted by atomic mass is 32.2. The molecule has 1 aromatic carbocycles. The van der Waals surface area contributed by atoms with Gasteiger partial charge in [-0.05, 0) is 44.5 Å². The van der Waals surface area contributed by atoms with E-state index in [1.807, 2.05) is 28.8 Å². The molecular formula is C18H23N5O2S. The second kappa shape index (κ2) is 8.35. The fourth-order valence-corrected chi connectivity index (χ4v) is 3.78. The smallest absolute Gasteiger partial charge is 0.227 e. The third kappa shape index (κ3) is 4.43. The molecule has 26 heavy (non-hydrogen) atoms. The number of thioether (sulfide) groups is 1. The van der Waals surface area contributed by atoms with Crippen molar-refractivity contribution < 1.29 is 9.59 Å². The first-order valence-corrected chi connectivity index (χ1v) is 9.76. The first-order chi connectivity index (χ1) is 12.5. The Morgan fingerprint density at radius 3 is 2.73 bits per heavy atom. The van der Waals surface area contributed by atoms with Gasteiger partial charge in [-0.15, -0.1) is 10.2 Å². The number of aromatic nitrogens is 3. The van der Waals surface area contributed by atoms with Gasteiger partial charge in [-0.2, -0.15) is 0 Å². The van der Waals surface area contributed by atoms with Crippen LogP contribution in [0.2, 0.25) is 0 Å². The number of rotatable bonds is 7. The van der Waals surface area contributed by atoms with E-state index in [0.717, 1.165) is 29.5 Å². The first kappa shape index (κ1) is 18.4. The molecule has 7 nitrogen and oxygen atoms in total. The average Bonchev–Trinajstić information content (AvgIpc) is 3.24. The van der Waals surface area contributed by atoms with Crippen LogP contribution in [0.3, 0.4) is 0 Å². The maximum absolute atomic E-state index is 12.1. The number of anilines is 2. The maximum atomic E-state index is 12.1. The minimum Gasteiger partial charge on any atom is -0.326 e. The molecule has 0 unspecified atom stereocenters. The number of nitrogens with one attached hydrogen (secondary N) is 1. The molecule has 0 bridgehead atoms. The van der Waals surface area contributed by atoms with E-state index in [-0.39, 0.29) is 11.8 Å². The molecule has 8 heteroatoms.